The average Bonchev–Trinajstić information content (AvgIpc) is 3.33. The van der Waals surface area contributed by atoms with Gasteiger partial charge in [-0.3, -0.25) is 33.4 Å². The van der Waals surface area contributed by atoms with Gasteiger partial charge in [-0.25, -0.2) is 0 Å². The number of rotatable bonds is 10. The van der Waals surface area contributed by atoms with Crippen LogP contribution in [0.4, 0.5) is 0 Å². The monoisotopic (exact) mass is 695 g/mol. The van der Waals surface area contributed by atoms with Crippen molar-refractivity contribution in [3.63, 3.8) is 0 Å². The van der Waals surface area contributed by atoms with Crippen LogP contribution in [0.3, 0.4) is 0 Å². The molecule has 3 rings (SSSR count). The highest BCUT2D eigenvalue weighted by molar-refractivity contribution is 5.96. The Hall–Kier alpha value is -4.75. The van der Waals surface area contributed by atoms with E-state index in [1.54, 1.807) is 56.8 Å². The Labute approximate surface area is 294 Å². The zero-order valence-corrected chi connectivity index (χ0v) is 30.7. The lowest BCUT2D eigenvalue weighted by molar-refractivity contribution is -0.138. The zero-order valence-electron chi connectivity index (χ0n) is 30.7. The quantitative estimate of drug-likeness (QED) is 0.272. The smallest absolute Gasteiger partial charge is 0.243 e. The number of benzene rings is 1. The average molecular weight is 696 g/mol. The SMILES string of the molecule is COc1ccc(C[C@@H]2NC(=O)[C@H](CC(C)C)NC(=O)CN(C(=O)CCn3nc(C)c(C(C)=O)c3C)C[C@H](C(C)C)NC(=O)[C@@H](C)NC2=O)cc1. The second-order valence-electron chi connectivity index (χ2n) is 13.8. The van der Waals surface area contributed by atoms with Gasteiger partial charge in [-0.05, 0) is 63.6 Å². The van der Waals surface area contributed by atoms with E-state index in [9.17, 15) is 28.8 Å². The highest BCUT2D eigenvalue weighted by atomic mass is 16.5. The molecular weight excluding hydrogens is 642 g/mol. The van der Waals surface area contributed by atoms with Gasteiger partial charge in [-0.2, -0.15) is 5.10 Å². The van der Waals surface area contributed by atoms with E-state index in [2.05, 4.69) is 26.4 Å². The molecule has 0 spiro atoms. The van der Waals surface area contributed by atoms with Gasteiger partial charge in [0.15, 0.2) is 5.78 Å². The molecule has 2 aromatic rings. The van der Waals surface area contributed by atoms with Gasteiger partial charge in [0.2, 0.25) is 29.5 Å². The third-order valence-electron chi connectivity index (χ3n) is 8.85. The summed E-state index contributed by atoms with van der Waals surface area (Å²) < 4.78 is 6.84. The van der Waals surface area contributed by atoms with Gasteiger partial charge in [0, 0.05) is 37.7 Å². The van der Waals surface area contributed by atoms with Gasteiger partial charge >= 0.3 is 0 Å². The largest absolute Gasteiger partial charge is 0.497 e. The van der Waals surface area contributed by atoms with E-state index in [1.807, 2.05) is 27.7 Å². The first kappa shape index (κ1) is 39.7. The fraction of sp³-hybridized carbons (Fsp3) is 0.583. The molecule has 14 heteroatoms. The number of ketones is 1. The molecule has 5 amide bonds. The number of nitrogens with zero attached hydrogens (tertiary/aromatic N) is 3. The molecule has 0 aliphatic carbocycles. The zero-order chi connectivity index (χ0) is 37.3. The summed E-state index contributed by atoms with van der Waals surface area (Å²) in [5.41, 5.74) is 2.47. The van der Waals surface area contributed by atoms with Crippen LogP contribution in [0, 0.1) is 25.7 Å². The molecule has 1 aliphatic rings. The van der Waals surface area contributed by atoms with Crippen LogP contribution < -0.4 is 26.0 Å². The summed E-state index contributed by atoms with van der Waals surface area (Å²) in [5, 5.41) is 15.7. The summed E-state index contributed by atoms with van der Waals surface area (Å²) in [6.45, 7) is 13.9. The molecule has 1 aliphatic heterocycles. The summed E-state index contributed by atoms with van der Waals surface area (Å²) in [6, 6.07) is 3.48. The van der Waals surface area contributed by atoms with Crippen molar-refractivity contribution in [3.8, 4) is 5.75 Å². The van der Waals surface area contributed by atoms with E-state index in [0.717, 1.165) is 5.56 Å². The summed E-state index contributed by atoms with van der Waals surface area (Å²) in [4.78, 5) is 81.6. The van der Waals surface area contributed by atoms with E-state index < -0.39 is 47.8 Å². The van der Waals surface area contributed by atoms with E-state index in [0.29, 0.717) is 22.7 Å². The topological polar surface area (TPSA) is 181 Å². The minimum Gasteiger partial charge on any atom is -0.497 e. The molecule has 50 heavy (non-hydrogen) atoms. The fourth-order valence-corrected chi connectivity index (χ4v) is 5.98. The second-order valence-corrected chi connectivity index (χ2v) is 13.8. The first-order chi connectivity index (χ1) is 23.5. The molecule has 0 bridgehead atoms. The van der Waals surface area contributed by atoms with Crippen molar-refractivity contribution in [2.75, 3.05) is 20.2 Å². The van der Waals surface area contributed by atoms with Crippen LogP contribution in [-0.4, -0.2) is 94.4 Å². The standard InChI is InChI=1S/C36H53N7O7/c1-20(2)16-28-36(49)39-29(17-26-10-12-27(50-9)13-11-26)35(48)37-23(6)34(47)40-30(21(3)4)18-42(19-31(45)38-28)32(46)14-15-43-24(7)33(25(8)44)22(5)41-43/h10-13,20-21,23,28-30H,14-19H2,1-9H3,(H,37,48)(H,38,45)(H,39,49)(H,40,47)/t23-,28+,29+,30-/m1/s1. The number of amides is 5. The van der Waals surface area contributed by atoms with Crippen molar-refractivity contribution in [3.05, 3.63) is 46.8 Å². The normalized spacial score (nSPS) is 21.1. The predicted octanol–water partition coefficient (Wildman–Crippen LogP) is 1.85. The number of ether oxygens (including phenoxy) is 1. The van der Waals surface area contributed by atoms with Gasteiger partial charge in [0.1, 0.15) is 23.9 Å². The van der Waals surface area contributed by atoms with Crippen molar-refractivity contribution in [2.24, 2.45) is 11.8 Å². The summed E-state index contributed by atoms with van der Waals surface area (Å²) in [7, 11) is 1.55. The summed E-state index contributed by atoms with van der Waals surface area (Å²) in [6.07, 6.45) is 0.378. The number of aryl methyl sites for hydroxylation is 2. The van der Waals surface area contributed by atoms with Gasteiger partial charge in [-0.1, -0.05) is 39.8 Å². The Balaban J connectivity index is 1.94. The molecule has 0 unspecified atom stereocenters. The molecule has 274 valence electrons. The molecule has 4 N–H and O–H groups in total. The van der Waals surface area contributed by atoms with E-state index in [-0.39, 0.29) is 62.4 Å². The van der Waals surface area contributed by atoms with E-state index in [4.69, 9.17) is 4.74 Å². The number of methoxy groups -OCH3 is 1. The Bertz CT molecular complexity index is 1550. The molecule has 0 saturated carbocycles. The van der Waals surface area contributed by atoms with Crippen LogP contribution in [0.1, 0.15) is 81.7 Å². The van der Waals surface area contributed by atoms with Gasteiger partial charge in [-0.15, -0.1) is 0 Å². The first-order valence-corrected chi connectivity index (χ1v) is 17.2. The Kier molecular flexibility index (Phi) is 14.1. The van der Waals surface area contributed by atoms with Crippen LogP contribution in [0.2, 0.25) is 0 Å². The molecule has 14 nitrogen and oxygen atoms in total. The van der Waals surface area contributed by atoms with Crippen molar-refractivity contribution >= 4 is 35.3 Å². The molecule has 2 heterocycles. The summed E-state index contributed by atoms with van der Waals surface area (Å²) in [5.74, 6) is -2.15. The lowest BCUT2D eigenvalue weighted by Crippen LogP contribution is -2.57. The van der Waals surface area contributed by atoms with E-state index >= 15 is 0 Å². The summed E-state index contributed by atoms with van der Waals surface area (Å²) >= 11 is 0. The predicted molar refractivity (Wildman–Crippen MR) is 187 cm³/mol. The number of aromatic nitrogens is 2. The van der Waals surface area contributed by atoms with Crippen molar-refractivity contribution in [2.45, 2.75) is 105 Å². The molecular formula is C36H53N7O7. The fourth-order valence-electron chi connectivity index (χ4n) is 5.98. The number of hydrogen-bond donors (Lipinski definition) is 4. The van der Waals surface area contributed by atoms with Crippen molar-refractivity contribution in [1.82, 2.24) is 35.9 Å². The minimum absolute atomic E-state index is 0.00700. The molecule has 0 radical (unpaired) electrons. The van der Waals surface area contributed by atoms with Gasteiger partial charge < -0.3 is 30.9 Å². The van der Waals surface area contributed by atoms with Gasteiger partial charge in [0.25, 0.3) is 0 Å². The second kappa shape index (κ2) is 17.8. The van der Waals surface area contributed by atoms with Crippen LogP contribution >= 0.6 is 0 Å². The van der Waals surface area contributed by atoms with Crippen LogP contribution in [0.15, 0.2) is 24.3 Å². The van der Waals surface area contributed by atoms with Crippen molar-refractivity contribution in [1.29, 1.82) is 0 Å². The van der Waals surface area contributed by atoms with E-state index in [1.165, 1.54) is 11.8 Å². The molecule has 1 aromatic carbocycles. The highest BCUT2D eigenvalue weighted by Gasteiger charge is 2.32. The first-order valence-electron chi connectivity index (χ1n) is 17.2. The molecule has 1 fully saturated rings. The maximum atomic E-state index is 13.8. The number of nitrogens with one attached hydrogen (secondary N) is 4. The number of hydrogen-bond acceptors (Lipinski definition) is 8. The lowest BCUT2D eigenvalue weighted by Gasteiger charge is -2.31. The lowest BCUT2D eigenvalue weighted by atomic mass is 10.0. The number of Topliss-reactive ketones (excluding diaryl/α,β-unsaturated/α-hetero) is 1. The number of carbonyl (C=O) groups is 6. The number of carbonyl (C=O) groups excluding carboxylic acids is 6. The third kappa shape index (κ3) is 10.9. The Morgan fingerprint density at radius 1 is 0.920 bits per heavy atom. The van der Waals surface area contributed by atoms with Crippen LogP contribution in [0.25, 0.3) is 0 Å². The third-order valence-corrected chi connectivity index (χ3v) is 8.85. The maximum absolute atomic E-state index is 13.8. The maximum Gasteiger partial charge on any atom is 0.243 e. The van der Waals surface area contributed by atoms with Crippen molar-refractivity contribution < 1.29 is 33.5 Å². The molecule has 4 atom stereocenters. The van der Waals surface area contributed by atoms with Crippen LogP contribution in [0.5, 0.6) is 5.75 Å². The minimum atomic E-state index is -1.06. The Morgan fingerprint density at radius 3 is 2.12 bits per heavy atom. The molecule has 1 aromatic heterocycles. The Morgan fingerprint density at radius 2 is 1.56 bits per heavy atom. The van der Waals surface area contributed by atoms with Gasteiger partial charge in [0.05, 0.1) is 24.9 Å². The molecule has 1 saturated heterocycles. The highest BCUT2D eigenvalue weighted by Crippen LogP contribution is 2.16. The van der Waals surface area contributed by atoms with Crippen LogP contribution in [-0.2, 0) is 36.9 Å².